The van der Waals surface area contributed by atoms with Crippen LogP contribution in [0.25, 0.3) is 0 Å². The average Bonchev–Trinajstić information content (AvgIpc) is 2.42. The molecule has 0 bridgehead atoms. The molecule has 0 aliphatic carbocycles. The van der Waals surface area contributed by atoms with Crippen LogP contribution in [0.3, 0.4) is 0 Å². The molecule has 0 aromatic heterocycles. The van der Waals surface area contributed by atoms with Gasteiger partial charge in [0.05, 0.1) is 12.0 Å². The van der Waals surface area contributed by atoms with Gasteiger partial charge in [-0.25, -0.2) is 0 Å². The van der Waals surface area contributed by atoms with Crippen LogP contribution in [0.1, 0.15) is 47.0 Å². The fourth-order valence-corrected chi connectivity index (χ4v) is 2.70. The van der Waals surface area contributed by atoms with E-state index < -0.39 is 6.10 Å². The van der Waals surface area contributed by atoms with Gasteiger partial charge < -0.3 is 14.9 Å². The Morgan fingerprint density at radius 2 is 2.00 bits per heavy atom. The van der Waals surface area contributed by atoms with Gasteiger partial charge in [-0.1, -0.05) is 6.92 Å². The maximum absolute atomic E-state index is 12.6. The fraction of sp³-hybridized carbons (Fsp3) is 0.867. The third-order valence-electron chi connectivity index (χ3n) is 3.79. The molecule has 2 unspecified atom stereocenters. The minimum absolute atomic E-state index is 0.0642. The van der Waals surface area contributed by atoms with Crippen LogP contribution in [0.4, 0.5) is 0 Å². The van der Waals surface area contributed by atoms with Gasteiger partial charge in [-0.05, 0) is 33.6 Å². The third kappa shape index (κ3) is 4.47. The smallest absolute Gasteiger partial charge is 0.227 e. The maximum atomic E-state index is 12.6. The molecule has 116 valence electrons. The molecule has 0 aromatic carbocycles. The highest BCUT2D eigenvalue weighted by Crippen LogP contribution is 2.20. The van der Waals surface area contributed by atoms with Crippen molar-refractivity contribution in [3.8, 4) is 0 Å². The lowest BCUT2D eigenvalue weighted by Gasteiger charge is -2.37. The van der Waals surface area contributed by atoms with E-state index in [9.17, 15) is 14.7 Å². The number of hydrogen-bond donors (Lipinski definition) is 1. The molecule has 1 N–H and O–H groups in total. The minimum atomic E-state index is -0.529. The molecule has 0 saturated carbocycles. The summed E-state index contributed by atoms with van der Waals surface area (Å²) in [5.74, 6) is 0.0593. The molecule has 1 saturated heterocycles. The van der Waals surface area contributed by atoms with Crippen molar-refractivity contribution in [3.63, 3.8) is 0 Å². The van der Waals surface area contributed by atoms with Gasteiger partial charge in [-0.3, -0.25) is 9.59 Å². The largest absolute Gasteiger partial charge is 0.392 e. The zero-order chi connectivity index (χ0) is 15.3. The van der Waals surface area contributed by atoms with Gasteiger partial charge in [0.15, 0.2) is 0 Å². The van der Waals surface area contributed by atoms with Crippen molar-refractivity contribution in [3.05, 3.63) is 0 Å². The van der Waals surface area contributed by atoms with Crippen LogP contribution in [-0.4, -0.2) is 58.5 Å². The van der Waals surface area contributed by atoms with E-state index in [4.69, 9.17) is 0 Å². The second-order valence-electron chi connectivity index (χ2n) is 5.97. The Balaban J connectivity index is 2.71. The lowest BCUT2D eigenvalue weighted by atomic mass is 9.95. The quantitative estimate of drug-likeness (QED) is 0.826. The number of nitrogens with zero attached hydrogens (tertiary/aromatic N) is 2. The molecule has 1 rings (SSSR count). The summed E-state index contributed by atoms with van der Waals surface area (Å²) in [5.41, 5.74) is 0. The van der Waals surface area contributed by atoms with E-state index in [0.29, 0.717) is 19.5 Å². The molecule has 0 aromatic rings. The van der Waals surface area contributed by atoms with Crippen LogP contribution in [0, 0.1) is 5.92 Å². The molecular formula is C15H28N2O3. The molecule has 0 spiro atoms. The van der Waals surface area contributed by atoms with Gasteiger partial charge in [0.25, 0.3) is 0 Å². The Hall–Kier alpha value is -1.10. The summed E-state index contributed by atoms with van der Waals surface area (Å²) in [6.07, 6.45) is 1.67. The van der Waals surface area contributed by atoms with Gasteiger partial charge in [0.1, 0.15) is 0 Å². The van der Waals surface area contributed by atoms with Crippen LogP contribution in [0.15, 0.2) is 0 Å². The monoisotopic (exact) mass is 284 g/mol. The van der Waals surface area contributed by atoms with Crippen molar-refractivity contribution in [1.29, 1.82) is 0 Å². The first kappa shape index (κ1) is 17.0. The first-order chi connectivity index (χ1) is 9.36. The molecule has 0 radical (unpaired) electrons. The molecule has 1 aliphatic heterocycles. The molecule has 2 amide bonds. The molecular weight excluding hydrogens is 256 g/mol. The summed E-state index contributed by atoms with van der Waals surface area (Å²) in [6.45, 7) is 9.09. The zero-order valence-corrected chi connectivity index (χ0v) is 13.1. The van der Waals surface area contributed by atoms with Crippen LogP contribution in [0.5, 0.6) is 0 Å². The van der Waals surface area contributed by atoms with Crippen molar-refractivity contribution in [1.82, 2.24) is 9.80 Å². The van der Waals surface area contributed by atoms with Crippen molar-refractivity contribution in [2.24, 2.45) is 5.92 Å². The van der Waals surface area contributed by atoms with E-state index in [0.717, 1.165) is 19.4 Å². The van der Waals surface area contributed by atoms with E-state index in [2.05, 4.69) is 0 Å². The van der Waals surface area contributed by atoms with E-state index in [1.165, 1.54) is 0 Å². The standard InChI is InChI=1S/C15H28N2O3/c1-5-14(19)16-8-6-7-13(10-16)15(20)17(11(2)3)9-12(4)18/h11-13,18H,5-10H2,1-4H3. The molecule has 1 aliphatic rings. The van der Waals surface area contributed by atoms with Crippen LogP contribution in [0.2, 0.25) is 0 Å². The average molecular weight is 284 g/mol. The zero-order valence-electron chi connectivity index (χ0n) is 13.1. The summed E-state index contributed by atoms with van der Waals surface area (Å²) in [6, 6.07) is 0.0642. The van der Waals surface area contributed by atoms with Crippen molar-refractivity contribution < 1.29 is 14.7 Å². The number of rotatable bonds is 5. The summed E-state index contributed by atoms with van der Waals surface area (Å²) < 4.78 is 0. The predicted molar refractivity (Wildman–Crippen MR) is 78.1 cm³/mol. The lowest BCUT2D eigenvalue weighted by molar-refractivity contribution is -0.143. The molecule has 2 atom stereocenters. The fourth-order valence-electron chi connectivity index (χ4n) is 2.70. The van der Waals surface area contributed by atoms with E-state index in [-0.39, 0.29) is 23.8 Å². The topological polar surface area (TPSA) is 60.9 Å². The Morgan fingerprint density at radius 3 is 2.50 bits per heavy atom. The second-order valence-corrected chi connectivity index (χ2v) is 5.97. The maximum Gasteiger partial charge on any atom is 0.227 e. The Labute approximate surface area is 121 Å². The third-order valence-corrected chi connectivity index (χ3v) is 3.79. The first-order valence-corrected chi connectivity index (χ1v) is 7.63. The van der Waals surface area contributed by atoms with Gasteiger partial charge in [-0.15, -0.1) is 0 Å². The van der Waals surface area contributed by atoms with E-state index >= 15 is 0 Å². The predicted octanol–water partition coefficient (Wildman–Crippen LogP) is 1.25. The van der Waals surface area contributed by atoms with Crippen LogP contribution < -0.4 is 0 Å². The molecule has 20 heavy (non-hydrogen) atoms. The normalized spacial score (nSPS) is 20.9. The number of hydrogen-bond acceptors (Lipinski definition) is 3. The van der Waals surface area contributed by atoms with Crippen molar-refractivity contribution >= 4 is 11.8 Å². The van der Waals surface area contributed by atoms with Gasteiger partial charge in [0.2, 0.25) is 11.8 Å². The number of aliphatic hydroxyl groups is 1. The number of carbonyl (C=O) groups excluding carboxylic acids is 2. The Bertz CT molecular complexity index is 342. The van der Waals surface area contributed by atoms with Gasteiger partial charge in [-0.2, -0.15) is 0 Å². The summed E-state index contributed by atoms with van der Waals surface area (Å²) in [4.78, 5) is 27.9. The minimum Gasteiger partial charge on any atom is -0.392 e. The summed E-state index contributed by atoms with van der Waals surface area (Å²) in [5, 5.41) is 9.54. The van der Waals surface area contributed by atoms with Crippen LogP contribution >= 0.6 is 0 Å². The Morgan fingerprint density at radius 1 is 1.35 bits per heavy atom. The molecule has 5 heteroatoms. The number of carbonyl (C=O) groups is 2. The van der Waals surface area contributed by atoms with Crippen molar-refractivity contribution in [2.75, 3.05) is 19.6 Å². The highest BCUT2D eigenvalue weighted by Gasteiger charge is 2.32. The molecule has 5 nitrogen and oxygen atoms in total. The lowest BCUT2D eigenvalue weighted by Crippen LogP contribution is -2.50. The Kier molecular flexibility index (Phi) is 6.46. The molecule has 1 fully saturated rings. The number of amides is 2. The summed E-state index contributed by atoms with van der Waals surface area (Å²) in [7, 11) is 0. The number of piperidine rings is 1. The summed E-state index contributed by atoms with van der Waals surface area (Å²) >= 11 is 0. The van der Waals surface area contributed by atoms with Gasteiger partial charge in [0, 0.05) is 32.1 Å². The number of aliphatic hydroxyl groups excluding tert-OH is 1. The van der Waals surface area contributed by atoms with Crippen LogP contribution in [-0.2, 0) is 9.59 Å². The SMILES string of the molecule is CCC(=O)N1CCCC(C(=O)N(CC(C)O)C(C)C)C1. The van der Waals surface area contributed by atoms with Crippen molar-refractivity contribution in [2.45, 2.75) is 59.1 Å². The van der Waals surface area contributed by atoms with E-state index in [1.807, 2.05) is 20.8 Å². The van der Waals surface area contributed by atoms with E-state index in [1.54, 1.807) is 16.7 Å². The van der Waals surface area contributed by atoms with Gasteiger partial charge >= 0.3 is 0 Å². The second kappa shape index (κ2) is 7.62. The first-order valence-electron chi connectivity index (χ1n) is 7.63. The number of likely N-dealkylation sites (tertiary alicyclic amines) is 1. The highest BCUT2D eigenvalue weighted by molar-refractivity contribution is 5.81. The highest BCUT2D eigenvalue weighted by atomic mass is 16.3. The molecule has 1 heterocycles.